The number of nitrogens with one attached hydrogen (secondary N) is 1. The first kappa shape index (κ1) is 22.3. The van der Waals surface area contributed by atoms with Crippen LogP contribution in [-0.4, -0.2) is 38.3 Å². The van der Waals surface area contributed by atoms with E-state index < -0.39 is 10.0 Å². The van der Waals surface area contributed by atoms with Crippen LogP contribution in [-0.2, 0) is 21.2 Å². The second-order valence-corrected chi connectivity index (χ2v) is 11.7. The number of sulfonamides is 1. The molecular formula is C23H30N2O4S2. The molecule has 8 heteroatoms. The van der Waals surface area contributed by atoms with Gasteiger partial charge < -0.3 is 10.1 Å². The Hall–Kier alpha value is -1.90. The molecule has 0 unspecified atom stereocenters. The van der Waals surface area contributed by atoms with E-state index in [1.807, 2.05) is 24.3 Å². The Morgan fingerprint density at radius 2 is 1.71 bits per heavy atom. The third kappa shape index (κ3) is 5.87. The maximum atomic E-state index is 12.6. The van der Waals surface area contributed by atoms with Gasteiger partial charge in [-0.1, -0.05) is 19.3 Å². The van der Waals surface area contributed by atoms with E-state index in [0.29, 0.717) is 28.9 Å². The van der Waals surface area contributed by atoms with E-state index in [9.17, 15) is 13.2 Å². The van der Waals surface area contributed by atoms with Crippen LogP contribution in [0, 0.1) is 5.92 Å². The lowest BCUT2D eigenvalue weighted by Gasteiger charge is -2.21. The summed E-state index contributed by atoms with van der Waals surface area (Å²) in [5.41, 5.74) is 0.705. The van der Waals surface area contributed by atoms with Crippen LogP contribution in [0.2, 0.25) is 0 Å². The van der Waals surface area contributed by atoms with Crippen molar-refractivity contribution in [1.29, 1.82) is 0 Å². The summed E-state index contributed by atoms with van der Waals surface area (Å²) in [7, 11) is -3.42. The van der Waals surface area contributed by atoms with E-state index in [-0.39, 0.29) is 12.3 Å². The number of hydrogen-bond acceptors (Lipinski definition) is 5. The largest absolute Gasteiger partial charge is 0.493 e. The summed E-state index contributed by atoms with van der Waals surface area (Å²) in [6, 6.07) is 10.8. The van der Waals surface area contributed by atoms with Gasteiger partial charge in [-0.15, -0.1) is 11.3 Å². The van der Waals surface area contributed by atoms with Crippen molar-refractivity contribution < 1.29 is 17.9 Å². The van der Waals surface area contributed by atoms with Gasteiger partial charge in [0.2, 0.25) is 5.91 Å². The van der Waals surface area contributed by atoms with Crippen LogP contribution in [0.25, 0.3) is 0 Å². The molecule has 1 aliphatic heterocycles. The number of hydrogen-bond donors (Lipinski definition) is 1. The van der Waals surface area contributed by atoms with Crippen LogP contribution in [0.5, 0.6) is 5.75 Å². The molecule has 0 atom stereocenters. The van der Waals surface area contributed by atoms with Crippen molar-refractivity contribution in [3.8, 4) is 5.75 Å². The van der Waals surface area contributed by atoms with Gasteiger partial charge in [0, 0.05) is 23.7 Å². The van der Waals surface area contributed by atoms with Crippen LogP contribution in [0.1, 0.15) is 49.8 Å². The topological polar surface area (TPSA) is 75.7 Å². The fraction of sp³-hybridized carbons (Fsp3) is 0.522. The summed E-state index contributed by atoms with van der Waals surface area (Å²) in [4.78, 5) is 13.2. The fourth-order valence-electron chi connectivity index (χ4n) is 4.21. The van der Waals surface area contributed by atoms with Gasteiger partial charge in [-0.05, 0) is 68.0 Å². The smallest absolute Gasteiger partial charge is 0.252 e. The molecule has 0 radical (unpaired) electrons. The van der Waals surface area contributed by atoms with E-state index in [2.05, 4.69) is 5.32 Å². The molecule has 4 rings (SSSR count). The van der Waals surface area contributed by atoms with Crippen LogP contribution in [0.15, 0.2) is 40.6 Å². The molecule has 1 saturated heterocycles. The summed E-state index contributed by atoms with van der Waals surface area (Å²) in [5.74, 6) is 1.31. The number of nitrogens with zero attached hydrogens (tertiary/aromatic N) is 1. The van der Waals surface area contributed by atoms with Crippen LogP contribution in [0.3, 0.4) is 0 Å². The van der Waals surface area contributed by atoms with Crippen molar-refractivity contribution in [2.24, 2.45) is 5.92 Å². The highest BCUT2D eigenvalue weighted by molar-refractivity contribution is 7.91. The lowest BCUT2D eigenvalue weighted by Crippen LogP contribution is -2.27. The zero-order valence-corrected chi connectivity index (χ0v) is 19.3. The van der Waals surface area contributed by atoms with Gasteiger partial charge in [-0.3, -0.25) is 4.79 Å². The molecule has 1 N–H and O–H groups in total. The minimum atomic E-state index is -3.42. The number of benzene rings is 1. The van der Waals surface area contributed by atoms with E-state index >= 15 is 0 Å². The number of carbonyl (C=O) groups excluding carboxylic acids is 1. The zero-order valence-electron chi connectivity index (χ0n) is 17.7. The van der Waals surface area contributed by atoms with E-state index in [1.165, 1.54) is 47.7 Å². The van der Waals surface area contributed by atoms with Gasteiger partial charge in [-0.25, -0.2) is 8.42 Å². The van der Waals surface area contributed by atoms with Crippen LogP contribution >= 0.6 is 11.3 Å². The molecular weight excluding hydrogens is 432 g/mol. The minimum absolute atomic E-state index is 0.153. The summed E-state index contributed by atoms with van der Waals surface area (Å²) < 4.78 is 33.0. The molecule has 2 aromatic rings. The van der Waals surface area contributed by atoms with Crippen molar-refractivity contribution in [1.82, 2.24) is 4.31 Å². The Labute approximate surface area is 188 Å². The molecule has 1 aliphatic carbocycles. The predicted molar refractivity (Wildman–Crippen MR) is 123 cm³/mol. The molecule has 1 amide bonds. The summed E-state index contributed by atoms with van der Waals surface area (Å²) in [6.45, 7) is 1.92. The molecule has 168 valence electrons. The number of anilines is 1. The fourth-order valence-corrected chi connectivity index (χ4v) is 7.24. The number of amides is 1. The quantitative estimate of drug-likeness (QED) is 0.618. The van der Waals surface area contributed by atoms with Crippen molar-refractivity contribution in [2.75, 3.05) is 25.0 Å². The van der Waals surface area contributed by atoms with E-state index in [1.54, 1.807) is 12.1 Å². The van der Waals surface area contributed by atoms with Gasteiger partial charge in [0.05, 0.1) is 13.0 Å². The summed E-state index contributed by atoms with van der Waals surface area (Å²) in [5, 5.41) is 2.88. The molecule has 0 spiro atoms. The highest BCUT2D eigenvalue weighted by atomic mass is 32.2. The van der Waals surface area contributed by atoms with Gasteiger partial charge in [0.25, 0.3) is 10.0 Å². The maximum Gasteiger partial charge on any atom is 0.252 e. The first-order chi connectivity index (χ1) is 15.0. The Morgan fingerprint density at radius 1 is 1.00 bits per heavy atom. The van der Waals surface area contributed by atoms with Gasteiger partial charge in [0.1, 0.15) is 9.96 Å². The molecule has 2 fully saturated rings. The predicted octanol–water partition coefficient (Wildman–Crippen LogP) is 4.67. The number of ether oxygens (including phenoxy) is 1. The molecule has 2 aliphatic rings. The Morgan fingerprint density at radius 3 is 2.42 bits per heavy atom. The lowest BCUT2D eigenvalue weighted by atomic mass is 9.90. The average molecular weight is 463 g/mol. The summed E-state index contributed by atoms with van der Waals surface area (Å²) >= 11 is 1.18. The highest BCUT2D eigenvalue weighted by Crippen LogP contribution is 2.28. The lowest BCUT2D eigenvalue weighted by molar-refractivity contribution is -0.115. The second kappa shape index (κ2) is 10.1. The third-order valence-electron chi connectivity index (χ3n) is 5.98. The molecule has 6 nitrogen and oxygen atoms in total. The summed E-state index contributed by atoms with van der Waals surface area (Å²) in [6.07, 6.45) is 8.40. The maximum absolute atomic E-state index is 12.6. The van der Waals surface area contributed by atoms with Crippen molar-refractivity contribution in [3.05, 3.63) is 41.3 Å². The number of thiophene rings is 1. The molecule has 1 saturated carbocycles. The third-order valence-corrected chi connectivity index (χ3v) is 9.43. The first-order valence-corrected chi connectivity index (χ1v) is 13.4. The van der Waals surface area contributed by atoms with Crippen molar-refractivity contribution in [2.45, 2.75) is 55.6 Å². The molecule has 0 bridgehead atoms. The molecule has 1 aromatic carbocycles. The van der Waals surface area contributed by atoms with E-state index in [0.717, 1.165) is 30.1 Å². The van der Waals surface area contributed by atoms with E-state index in [4.69, 9.17) is 4.74 Å². The van der Waals surface area contributed by atoms with Crippen molar-refractivity contribution >= 4 is 33.0 Å². The monoisotopic (exact) mass is 462 g/mol. The Bertz CT molecular complexity index is 973. The molecule has 1 aromatic heterocycles. The first-order valence-electron chi connectivity index (χ1n) is 11.1. The SMILES string of the molecule is O=C(Cc1ccc(S(=O)(=O)N2CCCC2)s1)Nc1ccc(OCC2CCCCC2)cc1. The normalized spacial score (nSPS) is 18.2. The molecule has 2 heterocycles. The Kier molecular flexibility index (Phi) is 7.30. The standard InChI is InChI=1S/C23H30N2O4S2/c26-22(16-21-12-13-23(30-21)31(27,28)25-14-4-5-15-25)24-19-8-10-20(11-9-19)29-17-18-6-2-1-3-7-18/h8-13,18H,1-7,14-17H2,(H,24,26). The minimum Gasteiger partial charge on any atom is -0.493 e. The average Bonchev–Trinajstić information content (AvgIpc) is 3.47. The van der Waals surface area contributed by atoms with Gasteiger partial charge in [-0.2, -0.15) is 4.31 Å². The van der Waals surface area contributed by atoms with Crippen LogP contribution in [0.4, 0.5) is 5.69 Å². The zero-order chi connectivity index (χ0) is 21.7. The highest BCUT2D eigenvalue weighted by Gasteiger charge is 2.28. The van der Waals surface area contributed by atoms with Crippen molar-refractivity contribution in [3.63, 3.8) is 0 Å². The number of carbonyl (C=O) groups is 1. The van der Waals surface area contributed by atoms with Gasteiger partial charge >= 0.3 is 0 Å². The Balaban J connectivity index is 1.27. The molecule has 31 heavy (non-hydrogen) atoms. The van der Waals surface area contributed by atoms with Gasteiger partial charge in [0.15, 0.2) is 0 Å². The second-order valence-electron chi connectivity index (χ2n) is 8.40. The number of rotatable bonds is 8. The van der Waals surface area contributed by atoms with Crippen LogP contribution < -0.4 is 10.1 Å².